The van der Waals surface area contributed by atoms with Crippen LogP contribution in [0.25, 0.3) is 5.65 Å². The molecule has 0 fully saturated rings. The Bertz CT molecular complexity index is 1180. The molecule has 0 unspecified atom stereocenters. The first kappa shape index (κ1) is 17.3. The molecule has 0 aliphatic carbocycles. The highest BCUT2D eigenvalue weighted by Gasteiger charge is 2.09. The van der Waals surface area contributed by atoms with Crippen LogP contribution in [0.5, 0.6) is 0 Å². The van der Waals surface area contributed by atoms with Gasteiger partial charge in [-0.2, -0.15) is 0 Å². The molecule has 132 valence electrons. The van der Waals surface area contributed by atoms with E-state index in [4.69, 9.17) is 0 Å². The minimum absolute atomic E-state index is 0.125. The summed E-state index contributed by atoms with van der Waals surface area (Å²) in [6.45, 7) is 0. The summed E-state index contributed by atoms with van der Waals surface area (Å²) < 4.78 is 2.94. The molecule has 0 bridgehead atoms. The van der Waals surface area contributed by atoms with Crippen molar-refractivity contribution in [3.8, 4) is 11.8 Å². The number of thiophene rings is 1. The van der Waals surface area contributed by atoms with E-state index in [0.717, 1.165) is 15.4 Å². The number of hydrogen-bond acceptors (Lipinski definition) is 5. The van der Waals surface area contributed by atoms with E-state index in [9.17, 15) is 4.79 Å². The molecule has 1 aromatic carbocycles. The van der Waals surface area contributed by atoms with Gasteiger partial charge in [-0.3, -0.25) is 9.20 Å². The van der Waals surface area contributed by atoms with Crippen LogP contribution in [0.15, 0.2) is 64.3 Å². The fourth-order valence-corrected chi connectivity index (χ4v) is 3.86. The number of fused-ring (bicyclic) bond motifs is 1. The minimum Gasteiger partial charge on any atom is -0.322 e. The Balaban J connectivity index is 1.54. The van der Waals surface area contributed by atoms with E-state index in [0.29, 0.717) is 17.1 Å². The predicted molar refractivity (Wildman–Crippen MR) is 109 cm³/mol. The Kier molecular flexibility index (Phi) is 4.92. The van der Waals surface area contributed by atoms with Crippen molar-refractivity contribution in [2.75, 3.05) is 11.6 Å². The minimum atomic E-state index is -0.125. The fraction of sp³-hybridized carbons (Fsp3) is 0.0500. The van der Waals surface area contributed by atoms with Crippen molar-refractivity contribution in [3.63, 3.8) is 0 Å². The van der Waals surface area contributed by atoms with Crippen LogP contribution in [0, 0.1) is 11.8 Å². The number of nitrogens with zero attached hydrogens (tertiary/aromatic N) is 3. The van der Waals surface area contributed by atoms with Gasteiger partial charge in [0.15, 0.2) is 5.65 Å². The first-order chi connectivity index (χ1) is 13.2. The van der Waals surface area contributed by atoms with Gasteiger partial charge in [0.05, 0.1) is 9.77 Å². The van der Waals surface area contributed by atoms with Crippen molar-refractivity contribution >= 4 is 40.3 Å². The SMILES string of the molecule is CSc1cc(C(=O)Nc2cccc(C#Cc3nnc4ccccn34)c2)cs1. The van der Waals surface area contributed by atoms with E-state index in [1.807, 2.05) is 70.8 Å². The number of nitrogens with one attached hydrogen (secondary N) is 1. The number of carbonyl (C=O) groups excluding carboxylic acids is 1. The number of aromatic nitrogens is 3. The van der Waals surface area contributed by atoms with Crippen molar-refractivity contribution in [2.24, 2.45) is 0 Å². The summed E-state index contributed by atoms with van der Waals surface area (Å²) in [4.78, 5) is 12.4. The number of anilines is 1. The second kappa shape index (κ2) is 7.66. The first-order valence-corrected chi connectivity index (χ1v) is 10.2. The third-order valence-corrected chi connectivity index (χ3v) is 5.82. The molecule has 0 spiro atoms. The number of benzene rings is 1. The summed E-state index contributed by atoms with van der Waals surface area (Å²) in [6.07, 6.45) is 3.87. The molecule has 7 heteroatoms. The molecule has 1 N–H and O–H groups in total. The highest BCUT2D eigenvalue weighted by molar-refractivity contribution is 8.00. The summed E-state index contributed by atoms with van der Waals surface area (Å²) in [5, 5.41) is 13.0. The van der Waals surface area contributed by atoms with Gasteiger partial charge < -0.3 is 5.32 Å². The molecule has 0 saturated carbocycles. The predicted octanol–water partition coefficient (Wildman–Crippen LogP) is 4.16. The number of carbonyl (C=O) groups is 1. The van der Waals surface area contributed by atoms with E-state index < -0.39 is 0 Å². The van der Waals surface area contributed by atoms with E-state index in [-0.39, 0.29) is 5.91 Å². The van der Waals surface area contributed by atoms with Crippen molar-refractivity contribution < 1.29 is 4.79 Å². The molecule has 0 aliphatic rings. The maximum absolute atomic E-state index is 12.4. The zero-order chi connectivity index (χ0) is 18.6. The molecule has 0 saturated heterocycles. The first-order valence-electron chi connectivity index (χ1n) is 8.09. The van der Waals surface area contributed by atoms with Gasteiger partial charge in [0.25, 0.3) is 5.91 Å². The molecular weight excluding hydrogens is 376 g/mol. The van der Waals surface area contributed by atoms with Crippen LogP contribution in [-0.2, 0) is 0 Å². The Morgan fingerprint density at radius 2 is 2.07 bits per heavy atom. The average Bonchev–Trinajstić information content (AvgIpc) is 3.34. The van der Waals surface area contributed by atoms with E-state index >= 15 is 0 Å². The molecule has 4 aromatic rings. The lowest BCUT2D eigenvalue weighted by molar-refractivity contribution is 0.102. The third kappa shape index (κ3) is 3.87. The number of hydrogen-bond donors (Lipinski definition) is 1. The van der Waals surface area contributed by atoms with Crippen LogP contribution >= 0.6 is 23.1 Å². The molecule has 0 aliphatic heterocycles. The van der Waals surface area contributed by atoms with Crippen LogP contribution < -0.4 is 5.32 Å². The van der Waals surface area contributed by atoms with Crippen LogP contribution in [0.4, 0.5) is 5.69 Å². The van der Waals surface area contributed by atoms with Gasteiger partial charge in [0.1, 0.15) is 0 Å². The maximum atomic E-state index is 12.4. The Morgan fingerprint density at radius 1 is 1.15 bits per heavy atom. The maximum Gasteiger partial charge on any atom is 0.256 e. The molecule has 4 rings (SSSR count). The molecule has 1 amide bonds. The Morgan fingerprint density at radius 3 is 2.93 bits per heavy atom. The molecule has 5 nitrogen and oxygen atoms in total. The summed E-state index contributed by atoms with van der Waals surface area (Å²) >= 11 is 3.19. The van der Waals surface area contributed by atoms with Gasteiger partial charge >= 0.3 is 0 Å². The molecule has 0 atom stereocenters. The van der Waals surface area contributed by atoms with Crippen LogP contribution in [0.3, 0.4) is 0 Å². The molecule has 0 radical (unpaired) electrons. The smallest absolute Gasteiger partial charge is 0.256 e. The van der Waals surface area contributed by atoms with Crippen LogP contribution in [0.1, 0.15) is 21.7 Å². The van der Waals surface area contributed by atoms with E-state index in [1.165, 1.54) is 0 Å². The Hall–Kier alpha value is -3.08. The van der Waals surface area contributed by atoms with Crippen LogP contribution in [0.2, 0.25) is 0 Å². The summed E-state index contributed by atoms with van der Waals surface area (Å²) in [6, 6.07) is 15.0. The summed E-state index contributed by atoms with van der Waals surface area (Å²) in [5.41, 5.74) is 2.91. The molecule has 27 heavy (non-hydrogen) atoms. The topological polar surface area (TPSA) is 59.3 Å². The van der Waals surface area contributed by atoms with Gasteiger partial charge in [0.2, 0.25) is 5.82 Å². The van der Waals surface area contributed by atoms with Crippen molar-refractivity contribution in [3.05, 3.63) is 77.1 Å². The zero-order valence-corrected chi connectivity index (χ0v) is 16.0. The van der Waals surface area contributed by atoms with Gasteiger partial charge in [0, 0.05) is 22.8 Å². The van der Waals surface area contributed by atoms with Crippen LogP contribution in [-0.4, -0.2) is 26.8 Å². The van der Waals surface area contributed by atoms with Gasteiger partial charge in [-0.15, -0.1) is 33.3 Å². The monoisotopic (exact) mass is 390 g/mol. The molecule has 3 heterocycles. The second-order valence-electron chi connectivity index (χ2n) is 5.60. The van der Waals surface area contributed by atoms with Gasteiger partial charge in [-0.1, -0.05) is 18.1 Å². The molecular formula is C20H14N4OS2. The lowest BCUT2D eigenvalue weighted by Crippen LogP contribution is -2.10. The average molecular weight is 390 g/mol. The largest absolute Gasteiger partial charge is 0.322 e. The summed E-state index contributed by atoms with van der Waals surface area (Å²) in [5.74, 6) is 6.56. The zero-order valence-electron chi connectivity index (χ0n) is 14.3. The second-order valence-corrected chi connectivity index (χ2v) is 7.61. The third-order valence-electron chi connectivity index (χ3n) is 3.79. The Labute approximate surface area is 164 Å². The fourth-order valence-electron chi connectivity index (χ4n) is 2.48. The highest BCUT2D eigenvalue weighted by atomic mass is 32.2. The number of amides is 1. The number of thioether (sulfide) groups is 1. The lowest BCUT2D eigenvalue weighted by Gasteiger charge is -2.04. The number of rotatable bonds is 3. The quantitative estimate of drug-likeness (QED) is 0.421. The van der Waals surface area contributed by atoms with Crippen molar-refractivity contribution in [2.45, 2.75) is 4.21 Å². The normalized spacial score (nSPS) is 10.4. The van der Waals surface area contributed by atoms with E-state index in [1.54, 1.807) is 23.1 Å². The van der Waals surface area contributed by atoms with E-state index in [2.05, 4.69) is 27.4 Å². The van der Waals surface area contributed by atoms with Crippen molar-refractivity contribution in [1.82, 2.24) is 14.6 Å². The van der Waals surface area contributed by atoms with Crippen molar-refractivity contribution in [1.29, 1.82) is 0 Å². The summed E-state index contributed by atoms with van der Waals surface area (Å²) in [7, 11) is 0. The standard InChI is InChI=1S/C20H14N4OS2/c1-26-19-12-15(13-27-19)20(25)21-16-6-4-5-14(11-16)8-9-18-23-22-17-7-2-3-10-24(17)18/h2-7,10-13H,1H3,(H,21,25). The highest BCUT2D eigenvalue weighted by Crippen LogP contribution is 2.24. The number of pyridine rings is 1. The van der Waals surface area contributed by atoms with Gasteiger partial charge in [-0.05, 0) is 48.6 Å². The van der Waals surface area contributed by atoms with Gasteiger partial charge in [-0.25, -0.2) is 0 Å². The lowest BCUT2D eigenvalue weighted by atomic mass is 10.2. The molecule has 3 aromatic heterocycles.